The molecule has 0 radical (unpaired) electrons. The van der Waals surface area contributed by atoms with Crippen LogP contribution in [-0.2, 0) is 6.54 Å². The quantitative estimate of drug-likeness (QED) is 0.555. The van der Waals surface area contributed by atoms with E-state index < -0.39 is 11.0 Å². The summed E-state index contributed by atoms with van der Waals surface area (Å²) in [7, 11) is 0. The summed E-state index contributed by atoms with van der Waals surface area (Å²) in [6.45, 7) is 1.16. The average molecular weight is 346 g/mol. The molecule has 1 heterocycles. The number of aliphatic hydroxyl groups excluding tert-OH is 1. The Morgan fingerprint density at radius 1 is 1.24 bits per heavy atom. The van der Waals surface area contributed by atoms with E-state index >= 15 is 0 Å². The van der Waals surface area contributed by atoms with Crippen LogP contribution in [-0.4, -0.2) is 36.1 Å². The summed E-state index contributed by atoms with van der Waals surface area (Å²) < 4.78 is 16.0. The fourth-order valence-corrected chi connectivity index (χ4v) is 2.37. The maximum absolute atomic E-state index is 10.7. The van der Waals surface area contributed by atoms with Crippen molar-refractivity contribution < 1.29 is 24.2 Å². The van der Waals surface area contributed by atoms with Crippen LogP contribution in [0.3, 0.4) is 0 Å². The van der Waals surface area contributed by atoms with Crippen LogP contribution in [0.2, 0.25) is 0 Å². The smallest absolute Gasteiger partial charge is 0.273 e. The van der Waals surface area contributed by atoms with Gasteiger partial charge >= 0.3 is 0 Å². The molecule has 8 nitrogen and oxygen atoms in total. The van der Waals surface area contributed by atoms with Gasteiger partial charge < -0.3 is 24.6 Å². The van der Waals surface area contributed by atoms with Gasteiger partial charge in [-0.3, -0.25) is 10.1 Å². The zero-order valence-electron chi connectivity index (χ0n) is 13.4. The Balaban J connectivity index is 1.41. The Bertz CT molecular complexity index is 752. The van der Waals surface area contributed by atoms with Crippen molar-refractivity contribution in [2.45, 2.75) is 12.6 Å². The molecule has 1 aliphatic rings. The third-order valence-corrected chi connectivity index (χ3v) is 3.62. The lowest BCUT2D eigenvalue weighted by molar-refractivity contribution is -0.384. The minimum Gasteiger partial charge on any atom is -0.491 e. The zero-order chi connectivity index (χ0) is 17.6. The van der Waals surface area contributed by atoms with Gasteiger partial charge in [-0.2, -0.15) is 0 Å². The number of rotatable bonds is 8. The molecular weight excluding hydrogens is 328 g/mol. The highest BCUT2D eigenvalue weighted by molar-refractivity contribution is 5.44. The lowest BCUT2D eigenvalue weighted by Crippen LogP contribution is -2.31. The largest absolute Gasteiger partial charge is 0.491 e. The molecule has 0 fully saturated rings. The molecule has 8 heteroatoms. The monoisotopic (exact) mass is 346 g/mol. The standard InChI is InChI=1S/C17H18N2O6/c20-14(10-23-15-3-1-2-13(7-15)19(21)22)9-18-8-12-4-5-16-17(6-12)25-11-24-16/h1-7,14,18,20H,8-11H2. The first kappa shape index (κ1) is 17.0. The molecule has 2 aromatic rings. The first-order valence-corrected chi connectivity index (χ1v) is 7.76. The van der Waals surface area contributed by atoms with Gasteiger partial charge in [0.05, 0.1) is 11.0 Å². The van der Waals surface area contributed by atoms with Crippen LogP contribution < -0.4 is 19.5 Å². The van der Waals surface area contributed by atoms with Crippen molar-refractivity contribution in [3.8, 4) is 17.2 Å². The van der Waals surface area contributed by atoms with E-state index in [0.29, 0.717) is 24.6 Å². The van der Waals surface area contributed by atoms with Gasteiger partial charge in [0, 0.05) is 19.2 Å². The van der Waals surface area contributed by atoms with E-state index in [2.05, 4.69) is 5.32 Å². The van der Waals surface area contributed by atoms with Crippen LogP contribution in [0.25, 0.3) is 0 Å². The Kier molecular flexibility index (Phi) is 5.32. The number of non-ortho nitro benzene ring substituents is 1. The first-order chi connectivity index (χ1) is 12.1. The number of nitro groups is 1. The SMILES string of the molecule is O=[N+]([O-])c1cccc(OCC(O)CNCc2ccc3c(c2)OCO3)c1. The van der Waals surface area contributed by atoms with Crippen molar-refractivity contribution in [2.24, 2.45) is 0 Å². The zero-order valence-corrected chi connectivity index (χ0v) is 13.4. The van der Waals surface area contributed by atoms with Gasteiger partial charge in [-0.1, -0.05) is 12.1 Å². The number of nitrogens with zero attached hydrogens (tertiary/aromatic N) is 1. The molecule has 1 aliphatic heterocycles. The summed E-state index contributed by atoms with van der Waals surface area (Å²) >= 11 is 0. The summed E-state index contributed by atoms with van der Waals surface area (Å²) in [5, 5.41) is 23.8. The van der Waals surface area contributed by atoms with Crippen LogP contribution >= 0.6 is 0 Å². The van der Waals surface area contributed by atoms with Crippen molar-refractivity contribution in [1.29, 1.82) is 0 Å². The number of ether oxygens (including phenoxy) is 3. The highest BCUT2D eigenvalue weighted by Gasteiger charge is 2.13. The maximum Gasteiger partial charge on any atom is 0.273 e. The Morgan fingerprint density at radius 2 is 2.08 bits per heavy atom. The van der Waals surface area contributed by atoms with Crippen LogP contribution in [0, 0.1) is 10.1 Å². The maximum atomic E-state index is 10.7. The van der Waals surface area contributed by atoms with Crippen LogP contribution in [0.5, 0.6) is 17.2 Å². The van der Waals surface area contributed by atoms with E-state index in [1.807, 2.05) is 18.2 Å². The highest BCUT2D eigenvalue weighted by Crippen LogP contribution is 2.32. The number of benzene rings is 2. The third kappa shape index (κ3) is 4.59. The summed E-state index contributed by atoms with van der Waals surface area (Å²) in [6, 6.07) is 11.5. The molecule has 3 rings (SSSR count). The molecular formula is C17H18N2O6. The molecule has 0 amide bonds. The Labute approximate surface area is 144 Å². The van der Waals surface area contributed by atoms with Crippen molar-refractivity contribution >= 4 is 5.69 Å². The number of hydrogen-bond donors (Lipinski definition) is 2. The molecule has 0 saturated heterocycles. The molecule has 0 saturated carbocycles. The van der Waals surface area contributed by atoms with Gasteiger partial charge in [-0.05, 0) is 23.8 Å². The number of aliphatic hydroxyl groups is 1. The first-order valence-electron chi connectivity index (χ1n) is 7.76. The van der Waals surface area contributed by atoms with Gasteiger partial charge in [0.15, 0.2) is 11.5 Å². The summed E-state index contributed by atoms with van der Waals surface area (Å²) in [6.07, 6.45) is -0.742. The second-order valence-electron chi connectivity index (χ2n) is 5.54. The van der Waals surface area contributed by atoms with Crippen molar-refractivity contribution in [1.82, 2.24) is 5.32 Å². The van der Waals surface area contributed by atoms with Crippen LogP contribution in [0.15, 0.2) is 42.5 Å². The summed E-state index contributed by atoms with van der Waals surface area (Å²) in [5.74, 6) is 1.80. The molecule has 0 aliphatic carbocycles. The predicted octanol–water partition coefficient (Wildman–Crippen LogP) is 1.85. The number of hydrogen-bond acceptors (Lipinski definition) is 7. The molecule has 1 atom stereocenters. The number of nitrogens with one attached hydrogen (secondary N) is 1. The lowest BCUT2D eigenvalue weighted by atomic mass is 10.2. The van der Waals surface area contributed by atoms with E-state index in [9.17, 15) is 15.2 Å². The predicted molar refractivity (Wildman–Crippen MR) is 88.9 cm³/mol. The van der Waals surface area contributed by atoms with E-state index in [-0.39, 0.29) is 19.1 Å². The van der Waals surface area contributed by atoms with Gasteiger partial charge in [-0.25, -0.2) is 0 Å². The Morgan fingerprint density at radius 3 is 2.92 bits per heavy atom. The second kappa shape index (κ2) is 7.82. The minimum absolute atomic E-state index is 0.0370. The van der Waals surface area contributed by atoms with Gasteiger partial charge in [0.2, 0.25) is 6.79 Å². The molecule has 2 N–H and O–H groups in total. The Hall–Kier alpha value is -2.84. The third-order valence-electron chi connectivity index (χ3n) is 3.62. The lowest BCUT2D eigenvalue weighted by Gasteiger charge is -2.13. The molecule has 1 unspecified atom stereocenters. The minimum atomic E-state index is -0.742. The normalized spacial score (nSPS) is 13.5. The average Bonchev–Trinajstić information content (AvgIpc) is 3.08. The van der Waals surface area contributed by atoms with Gasteiger partial charge in [0.25, 0.3) is 5.69 Å². The molecule has 132 valence electrons. The fraction of sp³-hybridized carbons (Fsp3) is 0.294. The van der Waals surface area contributed by atoms with E-state index in [1.54, 1.807) is 6.07 Å². The number of nitro benzene ring substituents is 1. The van der Waals surface area contributed by atoms with Gasteiger partial charge in [-0.15, -0.1) is 0 Å². The molecule has 0 bridgehead atoms. The molecule has 0 aromatic heterocycles. The number of fused-ring (bicyclic) bond motifs is 1. The summed E-state index contributed by atoms with van der Waals surface area (Å²) in [4.78, 5) is 10.2. The van der Waals surface area contributed by atoms with Crippen molar-refractivity contribution in [3.63, 3.8) is 0 Å². The fourth-order valence-electron chi connectivity index (χ4n) is 2.37. The van der Waals surface area contributed by atoms with Gasteiger partial charge in [0.1, 0.15) is 18.5 Å². The van der Waals surface area contributed by atoms with Crippen LogP contribution in [0.4, 0.5) is 5.69 Å². The molecule has 25 heavy (non-hydrogen) atoms. The van der Waals surface area contributed by atoms with E-state index in [1.165, 1.54) is 18.2 Å². The highest BCUT2D eigenvalue weighted by atomic mass is 16.7. The molecule has 0 spiro atoms. The van der Waals surface area contributed by atoms with Crippen molar-refractivity contribution in [3.05, 3.63) is 58.1 Å². The van der Waals surface area contributed by atoms with E-state index in [0.717, 1.165) is 11.3 Å². The van der Waals surface area contributed by atoms with E-state index in [4.69, 9.17) is 14.2 Å². The molecule has 2 aromatic carbocycles. The van der Waals surface area contributed by atoms with Crippen molar-refractivity contribution in [2.75, 3.05) is 19.9 Å². The second-order valence-corrected chi connectivity index (χ2v) is 5.54. The van der Waals surface area contributed by atoms with Crippen LogP contribution in [0.1, 0.15) is 5.56 Å². The topological polar surface area (TPSA) is 103 Å². The summed E-state index contributed by atoms with van der Waals surface area (Å²) in [5.41, 5.74) is 0.962.